The second kappa shape index (κ2) is 4.95. The Kier molecular flexibility index (Phi) is 3.83. The van der Waals surface area contributed by atoms with Gasteiger partial charge in [0.05, 0.1) is 11.8 Å². The van der Waals surface area contributed by atoms with Gasteiger partial charge in [0.15, 0.2) is 0 Å². The van der Waals surface area contributed by atoms with Gasteiger partial charge in [0.1, 0.15) is 5.82 Å². The molecule has 5 heteroatoms. The van der Waals surface area contributed by atoms with Gasteiger partial charge < -0.3 is 10.2 Å². The Labute approximate surface area is 97.7 Å². The maximum atomic E-state index is 13.6. The van der Waals surface area contributed by atoms with E-state index in [-0.39, 0.29) is 11.1 Å². The van der Waals surface area contributed by atoms with E-state index in [9.17, 15) is 14.0 Å². The first-order valence-corrected chi connectivity index (χ1v) is 5.10. The Hall–Kier alpha value is -1.91. The number of benzene rings is 1. The summed E-state index contributed by atoms with van der Waals surface area (Å²) in [7, 11) is 0. The van der Waals surface area contributed by atoms with Crippen molar-refractivity contribution >= 4 is 11.9 Å². The molecule has 2 N–H and O–H groups in total. The molecule has 1 aromatic carbocycles. The van der Waals surface area contributed by atoms with Crippen LogP contribution in [0.3, 0.4) is 0 Å². The Morgan fingerprint density at radius 2 is 1.65 bits per heavy atom. The highest BCUT2D eigenvalue weighted by Gasteiger charge is 2.26. The number of hydrogen-bond donors (Lipinski definition) is 2. The van der Waals surface area contributed by atoms with Gasteiger partial charge in [-0.05, 0) is 25.5 Å². The highest BCUT2D eigenvalue weighted by molar-refractivity contribution is 5.80. The molecule has 0 spiro atoms. The maximum absolute atomic E-state index is 13.6. The fourth-order valence-electron chi connectivity index (χ4n) is 1.64. The van der Waals surface area contributed by atoms with Crippen molar-refractivity contribution in [3.05, 3.63) is 35.1 Å². The largest absolute Gasteiger partial charge is 0.481 e. The minimum absolute atomic E-state index is 0.0603. The van der Waals surface area contributed by atoms with Crippen LogP contribution in [0.1, 0.15) is 36.8 Å². The molecule has 0 fully saturated rings. The third-order valence-corrected chi connectivity index (χ3v) is 2.73. The Bertz CT molecular complexity index is 456. The molecule has 92 valence electrons. The molecular weight excluding hydrogens is 227 g/mol. The summed E-state index contributed by atoms with van der Waals surface area (Å²) < 4.78 is 13.6. The highest BCUT2D eigenvalue weighted by atomic mass is 19.1. The van der Waals surface area contributed by atoms with E-state index in [1.165, 1.54) is 26.0 Å². The van der Waals surface area contributed by atoms with Crippen LogP contribution in [0.4, 0.5) is 4.39 Å². The van der Waals surface area contributed by atoms with Crippen LogP contribution in [0.5, 0.6) is 0 Å². The van der Waals surface area contributed by atoms with Crippen LogP contribution in [0.15, 0.2) is 18.2 Å². The van der Waals surface area contributed by atoms with E-state index in [1.807, 2.05) is 0 Å². The van der Waals surface area contributed by atoms with Gasteiger partial charge in [-0.25, -0.2) is 4.39 Å². The number of carbonyl (C=O) groups is 2. The fourth-order valence-corrected chi connectivity index (χ4v) is 1.64. The van der Waals surface area contributed by atoms with Crippen LogP contribution in [-0.2, 0) is 9.59 Å². The predicted octanol–water partition coefficient (Wildman–Crippen LogP) is 2.20. The van der Waals surface area contributed by atoms with Gasteiger partial charge >= 0.3 is 11.9 Å². The average Bonchev–Trinajstić information content (AvgIpc) is 2.26. The summed E-state index contributed by atoms with van der Waals surface area (Å²) in [5, 5.41) is 17.8. The molecule has 4 nitrogen and oxygen atoms in total. The number of carboxylic acid groups (broad SMARTS) is 2. The summed E-state index contributed by atoms with van der Waals surface area (Å²) in [4.78, 5) is 21.8. The summed E-state index contributed by atoms with van der Waals surface area (Å²) in [6, 6.07) is 3.95. The van der Waals surface area contributed by atoms with Crippen LogP contribution < -0.4 is 0 Å². The van der Waals surface area contributed by atoms with Crippen molar-refractivity contribution in [2.75, 3.05) is 0 Å². The topological polar surface area (TPSA) is 74.6 Å². The van der Waals surface area contributed by atoms with Crippen LogP contribution >= 0.6 is 0 Å². The molecule has 0 saturated carbocycles. The highest BCUT2D eigenvalue weighted by Crippen LogP contribution is 2.29. The molecule has 2 unspecified atom stereocenters. The average molecular weight is 240 g/mol. The summed E-state index contributed by atoms with van der Waals surface area (Å²) in [5.41, 5.74) is 0.141. The minimum Gasteiger partial charge on any atom is -0.481 e. The Balaban J connectivity index is 3.36. The molecule has 0 aromatic heterocycles. The summed E-state index contributed by atoms with van der Waals surface area (Å²) in [6.45, 7) is 2.73. The van der Waals surface area contributed by atoms with Crippen molar-refractivity contribution in [2.45, 2.75) is 25.7 Å². The molecule has 0 aliphatic rings. The molecule has 2 atom stereocenters. The zero-order valence-corrected chi connectivity index (χ0v) is 9.48. The van der Waals surface area contributed by atoms with E-state index in [4.69, 9.17) is 10.2 Å². The lowest BCUT2D eigenvalue weighted by Gasteiger charge is -2.16. The zero-order valence-electron chi connectivity index (χ0n) is 9.48. The lowest BCUT2D eigenvalue weighted by molar-refractivity contribution is -0.140. The molecule has 17 heavy (non-hydrogen) atoms. The Morgan fingerprint density at radius 1 is 1.12 bits per heavy atom. The third-order valence-electron chi connectivity index (χ3n) is 2.73. The second-order valence-corrected chi connectivity index (χ2v) is 3.86. The summed E-state index contributed by atoms with van der Waals surface area (Å²) >= 11 is 0. The van der Waals surface area contributed by atoms with Crippen LogP contribution in [0, 0.1) is 5.82 Å². The summed E-state index contributed by atoms with van der Waals surface area (Å²) in [5.74, 6) is -5.01. The van der Waals surface area contributed by atoms with Gasteiger partial charge in [-0.2, -0.15) is 0 Å². The smallest absolute Gasteiger partial charge is 0.310 e. The first-order chi connectivity index (χ1) is 7.86. The quantitative estimate of drug-likeness (QED) is 0.846. The zero-order chi connectivity index (χ0) is 13.2. The van der Waals surface area contributed by atoms with E-state index >= 15 is 0 Å². The van der Waals surface area contributed by atoms with E-state index < -0.39 is 29.6 Å². The van der Waals surface area contributed by atoms with Crippen LogP contribution in [0.2, 0.25) is 0 Å². The number of aliphatic carboxylic acids is 2. The molecular formula is C12H13FO4. The number of carboxylic acids is 2. The molecule has 0 aliphatic carbocycles. The Morgan fingerprint density at radius 3 is 2.12 bits per heavy atom. The predicted molar refractivity (Wildman–Crippen MR) is 58.5 cm³/mol. The van der Waals surface area contributed by atoms with E-state index in [2.05, 4.69) is 0 Å². The fraction of sp³-hybridized carbons (Fsp3) is 0.333. The summed E-state index contributed by atoms with van der Waals surface area (Å²) in [6.07, 6.45) is 0. The lowest BCUT2D eigenvalue weighted by atomic mass is 9.88. The molecule has 0 aliphatic heterocycles. The van der Waals surface area contributed by atoms with Gasteiger partial charge in [0.2, 0.25) is 0 Å². The molecule has 1 rings (SSSR count). The van der Waals surface area contributed by atoms with E-state index in [1.54, 1.807) is 0 Å². The standard InChI is InChI=1S/C12H13FO4/c1-6(11(14)15)8-4-3-5-9(13)10(8)7(2)12(16)17/h3-7H,1-2H3,(H,14,15)(H,16,17). The number of hydrogen-bond acceptors (Lipinski definition) is 2. The van der Waals surface area contributed by atoms with Crippen LogP contribution in [-0.4, -0.2) is 22.2 Å². The van der Waals surface area contributed by atoms with Crippen molar-refractivity contribution in [1.29, 1.82) is 0 Å². The molecule has 0 amide bonds. The van der Waals surface area contributed by atoms with Crippen molar-refractivity contribution in [1.82, 2.24) is 0 Å². The van der Waals surface area contributed by atoms with Crippen molar-refractivity contribution in [2.24, 2.45) is 0 Å². The van der Waals surface area contributed by atoms with Gasteiger partial charge in [-0.3, -0.25) is 9.59 Å². The molecule has 1 aromatic rings. The van der Waals surface area contributed by atoms with Crippen LogP contribution in [0.25, 0.3) is 0 Å². The molecule has 0 saturated heterocycles. The van der Waals surface area contributed by atoms with E-state index in [0.29, 0.717) is 0 Å². The minimum atomic E-state index is -1.19. The molecule has 0 heterocycles. The SMILES string of the molecule is CC(C(=O)O)c1cccc(F)c1C(C)C(=O)O. The van der Waals surface area contributed by atoms with Gasteiger partial charge in [0, 0.05) is 5.56 Å². The van der Waals surface area contributed by atoms with Gasteiger partial charge in [0.25, 0.3) is 0 Å². The first kappa shape index (κ1) is 13.2. The molecule has 0 bridgehead atoms. The van der Waals surface area contributed by atoms with Gasteiger partial charge in [-0.15, -0.1) is 0 Å². The maximum Gasteiger partial charge on any atom is 0.310 e. The van der Waals surface area contributed by atoms with Gasteiger partial charge in [-0.1, -0.05) is 12.1 Å². The van der Waals surface area contributed by atoms with Crippen molar-refractivity contribution < 1.29 is 24.2 Å². The lowest BCUT2D eigenvalue weighted by Crippen LogP contribution is -2.16. The molecule has 0 radical (unpaired) electrons. The third kappa shape index (κ3) is 2.61. The van der Waals surface area contributed by atoms with E-state index in [0.717, 1.165) is 6.07 Å². The monoisotopic (exact) mass is 240 g/mol. The number of rotatable bonds is 4. The second-order valence-electron chi connectivity index (χ2n) is 3.86. The van der Waals surface area contributed by atoms with Crippen molar-refractivity contribution in [3.8, 4) is 0 Å². The normalized spacial score (nSPS) is 14.1. The number of halogens is 1. The first-order valence-electron chi connectivity index (χ1n) is 5.10. The van der Waals surface area contributed by atoms with Crippen molar-refractivity contribution in [3.63, 3.8) is 0 Å².